The normalized spacial score (nSPS) is 46.7. The molecule has 0 aliphatic carbocycles. The maximum absolute atomic E-state index is 14.3. The van der Waals surface area contributed by atoms with E-state index in [1.807, 2.05) is 0 Å². The SMILES string of the molecule is CN1CCCOC2NCC(F)CC2[C@H]2CCCN2C2CCN3NCC(C1)C3N2. The van der Waals surface area contributed by atoms with Gasteiger partial charge in [-0.1, -0.05) is 0 Å². The molecule has 8 heteroatoms. The highest BCUT2D eigenvalue weighted by Crippen LogP contribution is 2.35. The minimum absolute atomic E-state index is 0.00756. The average Bonchev–Trinajstić information content (AvgIpc) is 3.32. The topological polar surface area (TPSA) is 55.0 Å². The number of fused-ring (bicyclic) bond motifs is 5. The van der Waals surface area contributed by atoms with Crippen molar-refractivity contribution in [3.63, 3.8) is 0 Å². The summed E-state index contributed by atoms with van der Waals surface area (Å²) in [5.41, 5.74) is 3.61. The largest absolute Gasteiger partial charge is 0.363 e. The fourth-order valence-electron chi connectivity index (χ4n) is 6.25. The van der Waals surface area contributed by atoms with Gasteiger partial charge in [0.1, 0.15) is 12.4 Å². The molecule has 7 nitrogen and oxygen atoms in total. The third kappa shape index (κ3) is 3.85. The second kappa shape index (κ2) is 8.41. The minimum atomic E-state index is -0.754. The summed E-state index contributed by atoms with van der Waals surface area (Å²) in [6.07, 6.45) is 5.18. The standard InChI is InChI=1S/C20H37FN6O/c1-25-6-3-9-28-20-16(10-15(21)12-22-20)17-4-2-7-26(17)18-5-8-27-19(24-18)14(13-25)11-23-27/h14-20,22-24H,2-13H2,1H3/t14?,15?,16?,17-,18?,19?,20?/m1/s1. The number of nitrogens with zero attached hydrogens (tertiary/aromatic N) is 3. The Kier molecular flexibility index (Phi) is 5.89. The number of hydrogen-bond acceptors (Lipinski definition) is 7. The summed E-state index contributed by atoms with van der Waals surface area (Å²) < 4.78 is 20.6. The van der Waals surface area contributed by atoms with Gasteiger partial charge in [0.2, 0.25) is 0 Å². The van der Waals surface area contributed by atoms with Gasteiger partial charge in [0, 0.05) is 57.2 Å². The van der Waals surface area contributed by atoms with Crippen LogP contribution in [-0.4, -0.2) is 98.5 Å². The van der Waals surface area contributed by atoms with Crippen molar-refractivity contribution in [2.75, 3.05) is 52.9 Å². The predicted octanol–water partition coefficient (Wildman–Crippen LogP) is 0.159. The maximum atomic E-state index is 14.3. The molecule has 6 unspecified atom stereocenters. The molecule has 5 aliphatic heterocycles. The van der Waals surface area contributed by atoms with Gasteiger partial charge in [-0.2, -0.15) is 0 Å². The van der Waals surface area contributed by atoms with E-state index < -0.39 is 6.17 Å². The fraction of sp³-hybridized carbons (Fsp3) is 1.00. The van der Waals surface area contributed by atoms with Crippen molar-refractivity contribution in [2.45, 2.75) is 62.9 Å². The van der Waals surface area contributed by atoms with Gasteiger partial charge in [-0.05, 0) is 45.7 Å². The summed E-state index contributed by atoms with van der Waals surface area (Å²) in [5.74, 6) is 0.835. The molecule has 5 fully saturated rings. The Hall–Kier alpha value is -0.350. The van der Waals surface area contributed by atoms with Gasteiger partial charge < -0.3 is 9.64 Å². The van der Waals surface area contributed by atoms with Crippen molar-refractivity contribution in [3.8, 4) is 0 Å². The van der Waals surface area contributed by atoms with Gasteiger partial charge >= 0.3 is 0 Å². The van der Waals surface area contributed by atoms with E-state index in [4.69, 9.17) is 4.74 Å². The Morgan fingerprint density at radius 1 is 1.07 bits per heavy atom. The van der Waals surface area contributed by atoms with E-state index in [0.29, 0.717) is 37.3 Å². The zero-order valence-electron chi connectivity index (χ0n) is 17.2. The molecule has 0 amide bonds. The van der Waals surface area contributed by atoms with E-state index in [0.717, 1.165) is 58.6 Å². The van der Waals surface area contributed by atoms with E-state index in [9.17, 15) is 4.39 Å². The lowest BCUT2D eigenvalue weighted by atomic mass is 9.87. The average molecular weight is 397 g/mol. The summed E-state index contributed by atoms with van der Waals surface area (Å²) in [7, 11) is 2.22. The number of nitrogens with one attached hydrogen (secondary N) is 3. The lowest BCUT2D eigenvalue weighted by Crippen LogP contribution is -2.65. The van der Waals surface area contributed by atoms with Crippen LogP contribution in [0.1, 0.15) is 32.1 Å². The van der Waals surface area contributed by atoms with Crippen LogP contribution in [-0.2, 0) is 4.74 Å². The first-order valence-corrected chi connectivity index (χ1v) is 11.4. The summed E-state index contributed by atoms with van der Waals surface area (Å²) in [5, 5.41) is 9.77. The second-order valence-corrected chi connectivity index (χ2v) is 9.49. The summed E-state index contributed by atoms with van der Waals surface area (Å²) in [6.45, 7) is 6.58. The van der Waals surface area contributed by atoms with E-state index in [2.05, 4.69) is 37.9 Å². The molecule has 5 saturated heterocycles. The molecule has 3 N–H and O–H groups in total. The molecule has 160 valence electrons. The van der Waals surface area contributed by atoms with Crippen LogP contribution in [0.4, 0.5) is 4.39 Å². The maximum Gasteiger partial charge on any atom is 0.113 e. The van der Waals surface area contributed by atoms with Crippen molar-refractivity contribution in [1.29, 1.82) is 0 Å². The summed E-state index contributed by atoms with van der Waals surface area (Å²) in [4.78, 5) is 5.10. The van der Waals surface area contributed by atoms with Gasteiger partial charge in [0.05, 0.1) is 12.3 Å². The smallest absolute Gasteiger partial charge is 0.113 e. The van der Waals surface area contributed by atoms with Crippen LogP contribution in [0, 0.1) is 11.8 Å². The highest BCUT2D eigenvalue weighted by atomic mass is 19.1. The number of hydrogen-bond donors (Lipinski definition) is 3. The molecule has 5 rings (SSSR count). The first-order chi connectivity index (χ1) is 13.7. The van der Waals surface area contributed by atoms with Crippen LogP contribution in [0.5, 0.6) is 0 Å². The molecule has 5 aliphatic rings. The monoisotopic (exact) mass is 396 g/mol. The van der Waals surface area contributed by atoms with Crippen LogP contribution in [0.25, 0.3) is 0 Å². The highest BCUT2D eigenvalue weighted by Gasteiger charge is 2.46. The van der Waals surface area contributed by atoms with E-state index in [1.54, 1.807) is 0 Å². The quantitative estimate of drug-likeness (QED) is 0.539. The van der Waals surface area contributed by atoms with Crippen molar-refractivity contribution in [3.05, 3.63) is 0 Å². The van der Waals surface area contributed by atoms with E-state index in [1.165, 1.54) is 6.42 Å². The molecule has 0 aromatic heterocycles. The van der Waals surface area contributed by atoms with E-state index >= 15 is 0 Å². The van der Waals surface area contributed by atoms with Gasteiger partial charge in [0.15, 0.2) is 0 Å². The molecule has 0 saturated carbocycles. The van der Waals surface area contributed by atoms with Crippen molar-refractivity contribution in [2.24, 2.45) is 11.8 Å². The van der Waals surface area contributed by atoms with E-state index in [-0.39, 0.29) is 12.1 Å². The molecule has 0 aromatic carbocycles. The van der Waals surface area contributed by atoms with Crippen molar-refractivity contribution >= 4 is 0 Å². The Bertz CT molecular complexity index is 541. The molecule has 28 heavy (non-hydrogen) atoms. The summed E-state index contributed by atoms with van der Waals surface area (Å²) >= 11 is 0. The number of rotatable bonds is 0. The van der Waals surface area contributed by atoms with Crippen LogP contribution in [0.3, 0.4) is 0 Å². The first-order valence-electron chi connectivity index (χ1n) is 11.4. The Morgan fingerprint density at radius 3 is 2.93 bits per heavy atom. The van der Waals surface area contributed by atoms with Crippen molar-refractivity contribution in [1.82, 2.24) is 30.9 Å². The Balaban J connectivity index is 1.39. The fourth-order valence-corrected chi connectivity index (χ4v) is 6.25. The number of piperidine rings is 1. The van der Waals surface area contributed by atoms with Crippen LogP contribution >= 0.6 is 0 Å². The third-order valence-corrected chi connectivity index (χ3v) is 7.57. The van der Waals surface area contributed by atoms with Crippen molar-refractivity contribution < 1.29 is 9.13 Å². The molecule has 0 radical (unpaired) electrons. The number of halogens is 1. The zero-order valence-corrected chi connectivity index (χ0v) is 17.2. The first kappa shape index (κ1) is 19.6. The number of ether oxygens (including phenoxy) is 1. The number of hydrazine groups is 1. The molecule has 5 heterocycles. The molecule has 7 atom stereocenters. The predicted molar refractivity (Wildman–Crippen MR) is 106 cm³/mol. The van der Waals surface area contributed by atoms with Gasteiger partial charge in [-0.15, -0.1) is 0 Å². The highest BCUT2D eigenvalue weighted by molar-refractivity contribution is 4.98. The molecule has 0 aromatic rings. The molecule has 0 spiro atoms. The molecular formula is C20H37FN6O. The Labute approximate surface area is 168 Å². The Morgan fingerprint density at radius 2 is 2.00 bits per heavy atom. The zero-order chi connectivity index (χ0) is 19.1. The van der Waals surface area contributed by atoms with Crippen LogP contribution < -0.4 is 16.1 Å². The van der Waals surface area contributed by atoms with Crippen LogP contribution in [0.2, 0.25) is 0 Å². The van der Waals surface area contributed by atoms with Gasteiger partial charge in [0.25, 0.3) is 0 Å². The minimum Gasteiger partial charge on any atom is -0.363 e. The molecular weight excluding hydrogens is 359 g/mol. The third-order valence-electron chi connectivity index (χ3n) is 7.57. The van der Waals surface area contributed by atoms with Gasteiger partial charge in [-0.25, -0.2) is 9.40 Å². The molecule has 2 bridgehead atoms. The lowest BCUT2D eigenvalue weighted by Gasteiger charge is -2.47. The summed E-state index contributed by atoms with van der Waals surface area (Å²) in [6, 6.07) is 0.415. The number of alkyl halides is 1. The lowest BCUT2D eigenvalue weighted by molar-refractivity contribution is -0.0814. The van der Waals surface area contributed by atoms with Crippen LogP contribution in [0.15, 0.2) is 0 Å². The van der Waals surface area contributed by atoms with Gasteiger partial charge in [-0.3, -0.25) is 21.0 Å². The second-order valence-electron chi connectivity index (χ2n) is 9.49.